The van der Waals surface area contributed by atoms with E-state index >= 15 is 0 Å². The standard InChI is InChI=1S/C48H30.C44H28/c1-2-14-33-28-35(26-24-31(33)12-1)34-15-11-16-36(29-34)47-41-20-7-9-22-43(41)48(44-23-10-8-21-42(44)47)45-30-37-27-25-32-13-3-4-17-38(32)46(37)40-19-6-5-18-39(40)45;1-2-12-29(13-3-1)30-22-25-32(26-23-30)42-37-18-8-10-20-39(37)44(40-21-11-9-19-38(40)42)41-28-33-27-24-31-14-4-5-15-34(31)43(33)36-17-7-6-16-35(36)41/h1-30H;1-28H. The minimum absolute atomic E-state index is 1.23. The molecule has 92 heavy (non-hydrogen) atoms. The van der Waals surface area contributed by atoms with Crippen molar-refractivity contribution < 1.29 is 0 Å². The van der Waals surface area contributed by atoms with Crippen LogP contribution in [0.4, 0.5) is 0 Å². The minimum atomic E-state index is 1.23. The van der Waals surface area contributed by atoms with Crippen molar-refractivity contribution in [2.24, 2.45) is 0 Å². The molecule has 0 radical (unpaired) electrons. The van der Waals surface area contributed by atoms with Crippen LogP contribution in [0.3, 0.4) is 0 Å². The van der Waals surface area contributed by atoms with Gasteiger partial charge in [0, 0.05) is 0 Å². The summed E-state index contributed by atoms with van der Waals surface area (Å²) in [6, 6.07) is 129. The van der Waals surface area contributed by atoms with Gasteiger partial charge >= 0.3 is 0 Å². The normalized spacial score (nSPS) is 11.7. The summed E-state index contributed by atoms with van der Waals surface area (Å²) in [5.41, 5.74) is 15.1. The fourth-order valence-electron chi connectivity index (χ4n) is 15.3. The van der Waals surface area contributed by atoms with Crippen LogP contribution in [0, 0.1) is 0 Å². The zero-order valence-corrected chi connectivity index (χ0v) is 50.5. The minimum Gasteiger partial charge on any atom is -0.0622 e. The Bertz CT molecular complexity index is 6060. The molecule has 19 aromatic carbocycles. The summed E-state index contributed by atoms with van der Waals surface area (Å²) in [4.78, 5) is 0. The Balaban J connectivity index is 0.000000136. The molecule has 0 aliphatic rings. The van der Waals surface area contributed by atoms with E-state index in [1.807, 2.05) is 0 Å². The van der Waals surface area contributed by atoms with E-state index in [4.69, 9.17) is 0 Å². The second kappa shape index (κ2) is 22.0. The number of hydrogen-bond donors (Lipinski definition) is 0. The maximum absolute atomic E-state index is 2.43. The molecule has 426 valence electrons. The zero-order chi connectivity index (χ0) is 60.6. The first-order valence-electron chi connectivity index (χ1n) is 32.0. The first-order valence-corrected chi connectivity index (χ1v) is 32.0. The van der Waals surface area contributed by atoms with Gasteiger partial charge in [0.25, 0.3) is 0 Å². The summed E-state index contributed by atoms with van der Waals surface area (Å²) >= 11 is 0. The lowest BCUT2D eigenvalue weighted by atomic mass is 9.83. The molecule has 0 heterocycles. The highest BCUT2D eigenvalue weighted by Crippen LogP contribution is 2.50. The molecule has 0 N–H and O–H groups in total. The third-order valence-electron chi connectivity index (χ3n) is 19.4. The predicted octanol–water partition coefficient (Wildman–Crippen LogP) is 26.1. The number of benzene rings is 19. The van der Waals surface area contributed by atoms with Crippen molar-refractivity contribution in [1.29, 1.82) is 0 Å². The van der Waals surface area contributed by atoms with E-state index in [9.17, 15) is 0 Å². The average Bonchev–Trinajstić information content (AvgIpc) is 0.732. The molecule has 0 saturated heterocycles. The van der Waals surface area contributed by atoms with Gasteiger partial charge in [0.2, 0.25) is 0 Å². The van der Waals surface area contributed by atoms with E-state index in [0.717, 1.165) is 0 Å². The third kappa shape index (κ3) is 8.75. The zero-order valence-electron chi connectivity index (χ0n) is 50.5. The molecule has 0 aliphatic carbocycles. The maximum Gasteiger partial charge on any atom is -0.00199 e. The first kappa shape index (κ1) is 53.1. The van der Waals surface area contributed by atoms with Crippen LogP contribution in [0.1, 0.15) is 0 Å². The molecule has 0 saturated carbocycles. The van der Waals surface area contributed by atoms with E-state index in [2.05, 4.69) is 352 Å². The monoisotopic (exact) mass is 1160 g/mol. The van der Waals surface area contributed by atoms with Gasteiger partial charge in [-0.05, 0) is 210 Å². The molecule has 19 aromatic rings. The number of rotatable bonds is 6. The van der Waals surface area contributed by atoms with Crippen LogP contribution in [0.5, 0.6) is 0 Å². The third-order valence-corrected chi connectivity index (χ3v) is 19.4. The molecule has 0 nitrogen and oxygen atoms in total. The molecular weight excluding hydrogens is 1110 g/mol. The Morgan fingerprint density at radius 1 is 0.120 bits per heavy atom. The Morgan fingerprint density at radius 2 is 0.413 bits per heavy atom. The lowest BCUT2D eigenvalue weighted by molar-refractivity contribution is 1.61. The molecule has 0 aliphatic heterocycles. The van der Waals surface area contributed by atoms with Crippen molar-refractivity contribution in [3.05, 3.63) is 352 Å². The quantitative estimate of drug-likeness (QED) is 0.115. The van der Waals surface area contributed by atoms with E-state index in [1.165, 1.54) is 185 Å². The largest absolute Gasteiger partial charge is 0.0622 e. The van der Waals surface area contributed by atoms with Gasteiger partial charge in [-0.15, -0.1) is 0 Å². The molecule has 19 rings (SSSR count). The van der Waals surface area contributed by atoms with Crippen LogP contribution in [-0.2, 0) is 0 Å². The number of fused-ring (bicyclic) bond motifs is 15. The van der Waals surface area contributed by atoms with Crippen LogP contribution < -0.4 is 0 Å². The fraction of sp³-hybridized carbons (Fsp3) is 0. The topological polar surface area (TPSA) is 0 Å². The van der Waals surface area contributed by atoms with Gasteiger partial charge in [0.05, 0.1) is 0 Å². The van der Waals surface area contributed by atoms with Crippen LogP contribution >= 0.6 is 0 Å². The van der Waals surface area contributed by atoms with Crippen molar-refractivity contribution in [1.82, 2.24) is 0 Å². The second-order valence-electron chi connectivity index (χ2n) is 24.5. The first-order chi connectivity index (χ1) is 45.7. The van der Waals surface area contributed by atoms with E-state index in [1.54, 1.807) is 0 Å². The molecule has 0 unspecified atom stereocenters. The highest BCUT2D eigenvalue weighted by Gasteiger charge is 2.22. The molecule has 0 amide bonds. The maximum atomic E-state index is 2.43. The average molecular weight is 1160 g/mol. The van der Waals surface area contributed by atoms with Crippen molar-refractivity contribution in [2.45, 2.75) is 0 Å². The Kier molecular flexibility index (Phi) is 12.7. The Labute approximate surface area is 533 Å². The molecular formula is C92H58. The Morgan fingerprint density at radius 3 is 0.891 bits per heavy atom. The summed E-state index contributed by atoms with van der Waals surface area (Å²) < 4.78 is 0. The van der Waals surface area contributed by atoms with E-state index in [-0.39, 0.29) is 0 Å². The van der Waals surface area contributed by atoms with Gasteiger partial charge in [0.1, 0.15) is 0 Å². The summed E-state index contributed by atoms with van der Waals surface area (Å²) in [5, 5.41) is 28.2. The van der Waals surface area contributed by atoms with Gasteiger partial charge < -0.3 is 0 Å². The van der Waals surface area contributed by atoms with Gasteiger partial charge in [-0.2, -0.15) is 0 Å². The van der Waals surface area contributed by atoms with Crippen molar-refractivity contribution in [3.8, 4) is 66.8 Å². The van der Waals surface area contributed by atoms with Crippen LogP contribution in [0.15, 0.2) is 352 Å². The summed E-state index contributed by atoms with van der Waals surface area (Å²) in [7, 11) is 0. The fourth-order valence-corrected chi connectivity index (χ4v) is 15.3. The molecule has 0 heteroatoms. The smallest absolute Gasteiger partial charge is 0.00199 e. The second-order valence-corrected chi connectivity index (χ2v) is 24.5. The van der Waals surface area contributed by atoms with Crippen molar-refractivity contribution >= 4 is 118 Å². The van der Waals surface area contributed by atoms with Gasteiger partial charge in [-0.25, -0.2) is 0 Å². The SMILES string of the molecule is c1cc(-c2ccc3ccccc3c2)cc(-c2c3ccccc3c(-c3cc4ccc5ccccc5c4c4ccccc34)c3ccccc23)c1.c1ccc(-c2ccc(-c3c4ccccc4c(-c4cc5ccc6ccccc6c5c5ccccc45)c4ccccc34)cc2)cc1. The van der Waals surface area contributed by atoms with E-state index in [0.29, 0.717) is 0 Å². The predicted molar refractivity (Wildman–Crippen MR) is 398 cm³/mol. The van der Waals surface area contributed by atoms with E-state index < -0.39 is 0 Å². The summed E-state index contributed by atoms with van der Waals surface area (Å²) in [6.45, 7) is 0. The summed E-state index contributed by atoms with van der Waals surface area (Å²) in [6.07, 6.45) is 0. The molecule has 0 spiro atoms. The van der Waals surface area contributed by atoms with Gasteiger partial charge in [0.15, 0.2) is 0 Å². The molecule has 0 aromatic heterocycles. The van der Waals surface area contributed by atoms with Crippen LogP contribution in [0.25, 0.3) is 185 Å². The lowest BCUT2D eigenvalue weighted by Crippen LogP contribution is -1.93. The Hall–Kier alpha value is -12.0. The lowest BCUT2D eigenvalue weighted by Gasteiger charge is -2.20. The van der Waals surface area contributed by atoms with Crippen molar-refractivity contribution in [2.75, 3.05) is 0 Å². The molecule has 0 bridgehead atoms. The summed E-state index contributed by atoms with van der Waals surface area (Å²) in [5.74, 6) is 0. The van der Waals surface area contributed by atoms with Gasteiger partial charge in [-0.3, -0.25) is 0 Å². The number of hydrogen-bond acceptors (Lipinski definition) is 0. The van der Waals surface area contributed by atoms with Crippen LogP contribution in [-0.4, -0.2) is 0 Å². The molecule has 0 atom stereocenters. The van der Waals surface area contributed by atoms with Crippen LogP contribution in [0.2, 0.25) is 0 Å². The van der Waals surface area contributed by atoms with Crippen molar-refractivity contribution in [3.63, 3.8) is 0 Å². The van der Waals surface area contributed by atoms with Gasteiger partial charge in [-0.1, -0.05) is 328 Å². The molecule has 0 fully saturated rings. The highest BCUT2D eigenvalue weighted by molar-refractivity contribution is 6.31. The highest BCUT2D eigenvalue weighted by atomic mass is 14.3.